The van der Waals surface area contributed by atoms with E-state index in [0.717, 1.165) is 11.1 Å². The quantitative estimate of drug-likeness (QED) is 0.753. The third-order valence-electron chi connectivity index (χ3n) is 6.13. The number of carbonyl (C=O) groups excluding carboxylic acids is 1. The standard InChI is InChI=1S/C21H24N2O4/c1-27-17-12-13(6-7-16(17)24)20(26)23-10-8-21(9-11-23)15-5-3-2-4-14(15)18(22)19(21)25/h2-7,12,18-19,24-25H,8-11,22H2,1H3/t18-,19+/m1/s1. The molecule has 0 unspecified atom stereocenters. The molecule has 1 aliphatic heterocycles. The summed E-state index contributed by atoms with van der Waals surface area (Å²) >= 11 is 0. The van der Waals surface area contributed by atoms with Gasteiger partial charge in [-0.15, -0.1) is 0 Å². The van der Waals surface area contributed by atoms with E-state index in [4.69, 9.17) is 10.5 Å². The highest BCUT2D eigenvalue weighted by Crippen LogP contribution is 2.50. The Morgan fingerprint density at radius 2 is 1.93 bits per heavy atom. The van der Waals surface area contributed by atoms with E-state index in [0.29, 0.717) is 31.5 Å². The molecule has 6 nitrogen and oxygen atoms in total. The number of aliphatic hydroxyl groups excluding tert-OH is 1. The lowest BCUT2D eigenvalue weighted by atomic mass is 9.72. The minimum Gasteiger partial charge on any atom is -0.504 e. The lowest BCUT2D eigenvalue weighted by molar-refractivity contribution is 0.0262. The summed E-state index contributed by atoms with van der Waals surface area (Å²) in [5, 5.41) is 20.6. The van der Waals surface area contributed by atoms with Gasteiger partial charge in [-0.3, -0.25) is 4.79 Å². The van der Waals surface area contributed by atoms with Crippen LogP contribution in [-0.4, -0.2) is 47.3 Å². The van der Waals surface area contributed by atoms with Crippen molar-refractivity contribution in [2.75, 3.05) is 20.2 Å². The fraction of sp³-hybridized carbons (Fsp3) is 0.381. The van der Waals surface area contributed by atoms with E-state index in [-0.39, 0.29) is 28.9 Å². The first-order valence-electron chi connectivity index (χ1n) is 9.17. The van der Waals surface area contributed by atoms with Crippen LogP contribution in [0.3, 0.4) is 0 Å². The normalized spacial score (nSPS) is 23.3. The molecule has 1 amide bonds. The maximum atomic E-state index is 12.9. The Balaban J connectivity index is 1.55. The molecule has 4 N–H and O–H groups in total. The van der Waals surface area contributed by atoms with E-state index in [1.165, 1.54) is 13.2 Å². The maximum absolute atomic E-state index is 12.9. The summed E-state index contributed by atoms with van der Waals surface area (Å²) in [6.07, 6.45) is 0.695. The Hall–Kier alpha value is -2.57. The number of aromatic hydroxyl groups is 1. The van der Waals surface area contributed by atoms with Crippen molar-refractivity contribution in [1.29, 1.82) is 0 Å². The van der Waals surface area contributed by atoms with Gasteiger partial charge in [0.05, 0.1) is 19.3 Å². The van der Waals surface area contributed by atoms with Crippen molar-refractivity contribution in [1.82, 2.24) is 4.90 Å². The fourth-order valence-corrected chi connectivity index (χ4v) is 4.58. The second kappa shape index (κ2) is 6.55. The van der Waals surface area contributed by atoms with Crippen molar-refractivity contribution in [2.24, 2.45) is 5.73 Å². The molecule has 1 aliphatic carbocycles. The Kier molecular flexibility index (Phi) is 4.32. The van der Waals surface area contributed by atoms with Gasteiger partial charge in [0.15, 0.2) is 11.5 Å². The number of aliphatic hydroxyl groups is 1. The zero-order chi connectivity index (χ0) is 19.2. The summed E-state index contributed by atoms with van der Waals surface area (Å²) in [6, 6.07) is 12.2. The summed E-state index contributed by atoms with van der Waals surface area (Å²) in [5.74, 6) is 0.181. The molecule has 2 aromatic carbocycles. The predicted octanol–water partition coefficient (Wildman–Crippen LogP) is 1.95. The van der Waals surface area contributed by atoms with Gasteiger partial charge < -0.3 is 25.6 Å². The van der Waals surface area contributed by atoms with Crippen LogP contribution in [0.15, 0.2) is 42.5 Å². The molecule has 4 rings (SSSR count). The highest BCUT2D eigenvalue weighted by Gasteiger charge is 2.51. The smallest absolute Gasteiger partial charge is 0.253 e. The molecule has 0 bridgehead atoms. The number of amides is 1. The predicted molar refractivity (Wildman–Crippen MR) is 101 cm³/mol. The van der Waals surface area contributed by atoms with Crippen molar-refractivity contribution in [3.05, 3.63) is 59.2 Å². The van der Waals surface area contributed by atoms with Crippen molar-refractivity contribution in [3.63, 3.8) is 0 Å². The van der Waals surface area contributed by atoms with Crippen LogP contribution in [0.5, 0.6) is 11.5 Å². The summed E-state index contributed by atoms with van der Waals surface area (Å²) in [5.41, 5.74) is 8.47. The van der Waals surface area contributed by atoms with E-state index < -0.39 is 6.10 Å². The van der Waals surface area contributed by atoms with Gasteiger partial charge in [0.25, 0.3) is 5.91 Å². The van der Waals surface area contributed by atoms with Crippen LogP contribution in [0.4, 0.5) is 0 Å². The van der Waals surface area contributed by atoms with E-state index in [1.807, 2.05) is 24.3 Å². The molecule has 0 saturated carbocycles. The van der Waals surface area contributed by atoms with Crippen molar-refractivity contribution < 1.29 is 19.7 Å². The molecule has 2 atom stereocenters. The largest absolute Gasteiger partial charge is 0.504 e. The number of phenols is 1. The lowest BCUT2D eigenvalue weighted by Gasteiger charge is -2.42. The van der Waals surface area contributed by atoms with Crippen LogP contribution in [0.2, 0.25) is 0 Å². The number of methoxy groups -OCH3 is 1. The fourth-order valence-electron chi connectivity index (χ4n) is 4.58. The maximum Gasteiger partial charge on any atom is 0.253 e. The Morgan fingerprint density at radius 1 is 1.22 bits per heavy atom. The van der Waals surface area contributed by atoms with Crippen molar-refractivity contribution >= 4 is 5.91 Å². The summed E-state index contributed by atoms with van der Waals surface area (Å²) in [4.78, 5) is 14.7. The van der Waals surface area contributed by atoms with E-state index in [2.05, 4.69) is 0 Å². The minimum atomic E-state index is -0.638. The highest BCUT2D eigenvalue weighted by atomic mass is 16.5. The first-order valence-corrected chi connectivity index (χ1v) is 9.17. The van der Waals surface area contributed by atoms with Gasteiger partial charge in [0, 0.05) is 24.1 Å². The summed E-state index contributed by atoms with van der Waals surface area (Å²) in [6.45, 7) is 1.08. The molecular formula is C21H24N2O4. The van der Waals surface area contributed by atoms with Crippen LogP contribution in [0.1, 0.15) is 40.4 Å². The monoisotopic (exact) mass is 368 g/mol. The molecule has 27 heavy (non-hydrogen) atoms. The third-order valence-corrected chi connectivity index (χ3v) is 6.13. The second-order valence-electron chi connectivity index (χ2n) is 7.39. The number of phenolic OH excluding ortho intramolecular Hbond substituents is 1. The van der Waals surface area contributed by atoms with Gasteiger partial charge in [0.1, 0.15) is 0 Å². The SMILES string of the molecule is COc1cc(C(=O)N2CCC3(CC2)c2ccccc2[C@@H](N)[C@@H]3O)ccc1O. The Labute approximate surface area is 158 Å². The van der Waals surface area contributed by atoms with Gasteiger partial charge in [0.2, 0.25) is 0 Å². The zero-order valence-electron chi connectivity index (χ0n) is 15.3. The minimum absolute atomic E-state index is 0.00585. The van der Waals surface area contributed by atoms with Crippen LogP contribution in [0, 0.1) is 0 Å². The van der Waals surface area contributed by atoms with Gasteiger partial charge in [-0.1, -0.05) is 24.3 Å². The molecule has 1 fully saturated rings. The third kappa shape index (κ3) is 2.67. The van der Waals surface area contributed by atoms with Gasteiger partial charge >= 0.3 is 0 Å². The summed E-state index contributed by atoms with van der Waals surface area (Å²) < 4.78 is 5.10. The summed E-state index contributed by atoms with van der Waals surface area (Å²) in [7, 11) is 1.45. The molecule has 0 aromatic heterocycles. The Morgan fingerprint density at radius 3 is 2.63 bits per heavy atom. The molecule has 1 heterocycles. The number of nitrogens with two attached hydrogens (primary N) is 1. The number of benzene rings is 2. The van der Waals surface area contributed by atoms with E-state index >= 15 is 0 Å². The first-order chi connectivity index (χ1) is 13.0. The second-order valence-corrected chi connectivity index (χ2v) is 7.39. The van der Waals surface area contributed by atoms with Crippen LogP contribution < -0.4 is 10.5 Å². The lowest BCUT2D eigenvalue weighted by Crippen LogP contribution is -2.50. The van der Waals surface area contributed by atoms with Crippen LogP contribution in [-0.2, 0) is 5.41 Å². The van der Waals surface area contributed by atoms with E-state index in [9.17, 15) is 15.0 Å². The number of likely N-dealkylation sites (tertiary alicyclic amines) is 1. The average Bonchev–Trinajstić information content (AvgIpc) is 2.91. The number of hydrogen-bond acceptors (Lipinski definition) is 5. The van der Waals surface area contributed by atoms with Crippen molar-refractivity contribution in [2.45, 2.75) is 30.4 Å². The Bertz CT molecular complexity index is 874. The molecule has 0 radical (unpaired) electrons. The topological polar surface area (TPSA) is 96.0 Å². The van der Waals surface area contributed by atoms with Gasteiger partial charge in [-0.25, -0.2) is 0 Å². The zero-order valence-corrected chi connectivity index (χ0v) is 15.3. The first kappa shape index (κ1) is 17.8. The molecule has 1 spiro atoms. The number of carbonyl (C=O) groups is 1. The number of ether oxygens (including phenoxy) is 1. The van der Waals surface area contributed by atoms with E-state index in [1.54, 1.807) is 17.0 Å². The molecule has 2 aromatic rings. The molecular weight excluding hydrogens is 344 g/mol. The number of nitrogens with zero attached hydrogens (tertiary/aromatic N) is 1. The van der Waals surface area contributed by atoms with Gasteiger partial charge in [-0.05, 0) is 42.2 Å². The van der Waals surface area contributed by atoms with Crippen molar-refractivity contribution in [3.8, 4) is 11.5 Å². The molecule has 142 valence electrons. The highest BCUT2D eigenvalue weighted by molar-refractivity contribution is 5.95. The molecule has 1 saturated heterocycles. The van der Waals surface area contributed by atoms with Crippen LogP contribution >= 0.6 is 0 Å². The molecule has 6 heteroatoms. The number of fused-ring (bicyclic) bond motifs is 2. The average molecular weight is 368 g/mol. The van der Waals surface area contributed by atoms with Crippen LogP contribution in [0.25, 0.3) is 0 Å². The van der Waals surface area contributed by atoms with Gasteiger partial charge in [-0.2, -0.15) is 0 Å². The number of rotatable bonds is 2. The molecule has 2 aliphatic rings. The number of hydrogen-bond donors (Lipinski definition) is 3. The number of piperidine rings is 1.